The van der Waals surface area contributed by atoms with Gasteiger partial charge in [0.1, 0.15) is 11.9 Å². The molecule has 3 aliphatic rings. The van der Waals surface area contributed by atoms with E-state index in [4.69, 9.17) is 19.7 Å². The van der Waals surface area contributed by atoms with Gasteiger partial charge in [0.15, 0.2) is 17.5 Å². The average molecular weight is 759 g/mol. The summed E-state index contributed by atoms with van der Waals surface area (Å²) in [6, 6.07) is 58.2. The highest BCUT2D eigenvalue weighted by Gasteiger charge is 2.40. The first kappa shape index (κ1) is 33.7. The van der Waals surface area contributed by atoms with Crippen LogP contribution in [0.4, 0.5) is 0 Å². The van der Waals surface area contributed by atoms with E-state index in [1.165, 1.54) is 55.2 Å². The van der Waals surface area contributed by atoms with Crippen LogP contribution in [0.1, 0.15) is 42.3 Å². The molecule has 0 N–H and O–H groups in total. The Morgan fingerprint density at radius 3 is 2.07 bits per heavy atom. The van der Waals surface area contributed by atoms with Crippen LogP contribution in [0.3, 0.4) is 0 Å². The molecule has 59 heavy (non-hydrogen) atoms. The molecule has 0 saturated carbocycles. The minimum atomic E-state index is -0.299. The Bertz CT molecular complexity index is 3230. The molecule has 5 heteroatoms. The number of hydrogen-bond acceptors (Lipinski definition) is 4. The molecule has 2 atom stereocenters. The maximum Gasteiger partial charge on any atom is 0.164 e. The van der Waals surface area contributed by atoms with Crippen LogP contribution in [0.25, 0.3) is 78.1 Å². The van der Waals surface area contributed by atoms with Gasteiger partial charge in [-0.3, -0.25) is 0 Å². The number of fused-ring (bicyclic) bond motifs is 9. The number of rotatable bonds is 5. The van der Waals surface area contributed by atoms with E-state index in [2.05, 4.69) is 182 Å². The Labute approximate surface area is 342 Å². The lowest BCUT2D eigenvalue weighted by Crippen LogP contribution is -2.23. The molecular formula is C54H38N4O. The van der Waals surface area contributed by atoms with E-state index < -0.39 is 0 Å². The van der Waals surface area contributed by atoms with Crippen molar-refractivity contribution in [2.45, 2.75) is 31.3 Å². The van der Waals surface area contributed by atoms with Crippen LogP contribution < -0.4 is 4.74 Å². The minimum absolute atomic E-state index is 0.0257. The lowest BCUT2D eigenvalue weighted by molar-refractivity contribution is 0.277. The fourth-order valence-corrected chi connectivity index (χ4v) is 9.82. The summed E-state index contributed by atoms with van der Waals surface area (Å²) < 4.78 is 9.31. The molecule has 1 aliphatic heterocycles. The summed E-state index contributed by atoms with van der Waals surface area (Å²) in [5.74, 6) is 2.78. The largest absolute Gasteiger partial charge is 0.484 e. The predicted octanol–water partition coefficient (Wildman–Crippen LogP) is 12.8. The zero-order valence-corrected chi connectivity index (χ0v) is 32.7. The van der Waals surface area contributed by atoms with Gasteiger partial charge in [-0.15, -0.1) is 0 Å². The summed E-state index contributed by atoms with van der Waals surface area (Å²) in [5.41, 5.74) is 14.9. The summed E-state index contributed by atoms with van der Waals surface area (Å²) in [6.45, 7) is 4.61. The fourth-order valence-electron chi connectivity index (χ4n) is 9.82. The highest BCUT2D eigenvalue weighted by molar-refractivity contribution is 6.10. The average Bonchev–Trinajstić information content (AvgIpc) is 3.92. The molecule has 12 rings (SSSR count). The Kier molecular flexibility index (Phi) is 7.33. The predicted molar refractivity (Wildman–Crippen MR) is 239 cm³/mol. The summed E-state index contributed by atoms with van der Waals surface area (Å²) in [7, 11) is 0. The zero-order chi connectivity index (χ0) is 39.2. The van der Waals surface area contributed by atoms with Crippen LogP contribution in [-0.4, -0.2) is 25.6 Å². The molecule has 3 heterocycles. The second-order valence-corrected chi connectivity index (χ2v) is 16.3. The smallest absolute Gasteiger partial charge is 0.164 e. The number of benzene rings is 7. The van der Waals surface area contributed by atoms with E-state index in [1.54, 1.807) is 0 Å². The van der Waals surface area contributed by atoms with E-state index in [-0.39, 0.29) is 17.4 Å². The van der Waals surface area contributed by atoms with Crippen LogP contribution in [0, 0.1) is 0 Å². The van der Waals surface area contributed by atoms with Crippen LogP contribution >= 0.6 is 0 Å². The number of para-hydroxylation sites is 2. The van der Waals surface area contributed by atoms with Gasteiger partial charge in [0.2, 0.25) is 0 Å². The lowest BCUT2D eigenvalue weighted by atomic mass is 9.82. The fraction of sp³-hybridized carbons (Fsp3) is 0.0926. The van der Waals surface area contributed by atoms with E-state index in [9.17, 15) is 0 Å². The molecule has 280 valence electrons. The molecule has 9 aromatic rings. The molecule has 2 unspecified atom stereocenters. The molecule has 2 aromatic heterocycles. The third kappa shape index (κ3) is 5.14. The normalized spacial score (nSPS) is 16.9. The van der Waals surface area contributed by atoms with E-state index in [0.29, 0.717) is 17.5 Å². The standard InChI is InChI=1S/C54H38N4O/c1-54(2)44-24-11-9-19-38(44)39-29-27-35(32-45(39)54)52-55-51(33-15-5-3-6-16-33)56-53(57-52)42-23-13-22-41-49-37(21-14-26-48(49)59-50(41)42)34-28-30-47-43(31-34)40-20-10-12-25-46(40)58(47)36-17-7-4-8-18-36/h3-32,41,50H,1-2H3. The molecule has 0 amide bonds. The molecule has 0 saturated heterocycles. The molecule has 0 bridgehead atoms. The van der Waals surface area contributed by atoms with Crippen LogP contribution in [0.15, 0.2) is 182 Å². The third-order valence-corrected chi connectivity index (χ3v) is 12.6. The van der Waals surface area contributed by atoms with Gasteiger partial charge in [0, 0.05) is 50.1 Å². The molecule has 0 fully saturated rings. The van der Waals surface area contributed by atoms with Crippen LogP contribution in [-0.2, 0) is 5.41 Å². The number of nitrogens with zero attached hydrogens (tertiary/aromatic N) is 4. The number of ether oxygens (including phenoxy) is 1. The second-order valence-electron chi connectivity index (χ2n) is 16.3. The van der Waals surface area contributed by atoms with Crippen molar-refractivity contribution in [3.63, 3.8) is 0 Å². The van der Waals surface area contributed by atoms with E-state index in [0.717, 1.165) is 33.7 Å². The van der Waals surface area contributed by atoms with Crippen LogP contribution in [0.2, 0.25) is 0 Å². The second kappa shape index (κ2) is 12.8. The molecule has 7 aromatic carbocycles. The van der Waals surface area contributed by atoms with Gasteiger partial charge in [-0.05, 0) is 75.8 Å². The topological polar surface area (TPSA) is 52.8 Å². The van der Waals surface area contributed by atoms with E-state index >= 15 is 0 Å². The minimum Gasteiger partial charge on any atom is -0.484 e. The number of hydrogen-bond donors (Lipinski definition) is 0. The van der Waals surface area contributed by atoms with Crippen molar-refractivity contribution in [3.8, 4) is 56.5 Å². The van der Waals surface area contributed by atoms with Crippen molar-refractivity contribution < 1.29 is 4.74 Å². The number of aromatic nitrogens is 4. The summed E-state index contributed by atoms with van der Waals surface area (Å²) in [4.78, 5) is 15.6. The van der Waals surface area contributed by atoms with Crippen molar-refractivity contribution in [1.82, 2.24) is 19.5 Å². The van der Waals surface area contributed by atoms with Gasteiger partial charge in [-0.2, -0.15) is 0 Å². The van der Waals surface area contributed by atoms with Gasteiger partial charge < -0.3 is 9.30 Å². The van der Waals surface area contributed by atoms with Crippen molar-refractivity contribution in [2.75, 3.05) is 0 Å². The van der Waals surface area contributed by atoms with Crippen molar-refractivity contribution >= 4 is 27.4 Å². The highest BCUT2D eigenvalue weighted by atomic mass is 16.5. The molecule has 0 spiro atoms. The summed E-state index contributed by atoms with van der Waals surface area (Å²) >= 11 is 0. The van der Waals surface area contributed by atoms with Gasteiger partial charge in [0.05, 0.1) is 11.0 Å². The van der Waals surface area contributed by atoms with Crippen LogP contribution in [0.5, 0.6) is 5.75 Å². The molecular weight excluding hydrogens is 721 g/mol. The maximum atomic E-state index is 6.95. The van der Waals surface area contributed by atoms with E-state index in [1.807, 2.05) is 18.2 Å². The first-order valence-corrected chi connectivity index (χ1v) is 20.3. The summed E-state index contributed by atoms with van der Waals surface area (Å²) in [6.07, 6.45) is 6.23. The quantitative estimate of drug-likeness (QED) is 0.175. The SMILES string of the molecule is CC1(C)c2ccccc2-c2ccc(-c3nc(C4=CC=CC5c6c(cccc6-c6ccc7c(c6)c6ccccc6n7-c6ccccc6)OC45)nc(-c4ccccc4)n3)cc21. The molecule has 0 radical (unpaired) electrons. The van der Waals surface area contributed by atoms with Gasteiger partial charge in [0.25, 0.3) is 0 Å². The lowest BCUT2D eigenvalue weighted by Gasteiger charge is -2.23. The monoisotopic (exact) mass is 758 g/mol. The Morgan fingerprint density at radius 1 is 0.525 bits per heavy atom. The molecule has 2 aliphatic carbocycles. The van der Waals surface area contributed by atoms with Gasteiger partial charge >= 0.3 is 0 Å². The van der Waals surface area contributed by atoms with Crippen molar-refractivity contribution in [1.29, 1.82) is 0 Å². The Hall–Kier alpha value is -7.37. The Balaban J connectivity index is 0.956. The zero-order valence-electron chi connectivity index (χ0n) is 32.7. The summed E-state index contributed by atoms with van der Waals surface area (Å²) in [5, 5.41) is 2.45. The highest BCUT2D eigenvalue weighted by Crippen LogP contribution is 2.51. The van der Waals surface area contributed by atoms with Gasteiger partial charge in [-0.25, -0.2) is 15.0 Å². The van der Waals surface area contributed by atoms with Crippen molar-refractivity contribution in [2.24, 2.45) is 0 Å². The Morgan fingerprint density at radius 2 is 1.20 bits per heavy atom. The first-order chi connectivity index (χ1) is 29.0. The first-order valence-electron chi connectivity index (χ1n) is 20.3. The van der Waals surface area contributed by atoms with Crippen molar-refractivity contribution in [3.05, 3.63) is 205 Å². The third-order valence-electron chi connectivity index (χ3n) is 12.6. The van der Waals surface area contributed by atoms with Gasteiger partial charge in [-0.1, -0.05) is 153 Å². The molecule has 5 nitrogen and oxygen atoms in total. The number of allylic oxidation sites excluding steroid dienone is 2. The maximum absolute atomic E-state index is 6.95.